The first-order chi connectivity index (χ1) is 4.34. The zero-order chi connectivity index (χ0) is 6.69. The molecule has 0 N–H and O–H groups in total. The minimum Gasteiger partial charge on any atom is -0.468 e. The summed E-state index contributed by atoms with van der Waals surface area (Å²) in [4.78, 5) is 0. The maximum Gasteiger partial charge on any atom is 0.116 e. The van der Waals surface area contributed by atoms with E-state index in [-0.39, 0.29) is 0 Å². The van der Waals surface area contributed by atoms with Crippen molar-refractivity contribution in [2.24, 2.45) is 0 Å². The second-order valence-corrected chi connectivity index (χ2v) is 3.07. The standard InChI is InChI=1S/C7H10OS/c1-6(9-2)7-4-3-5-8-7/h3-6H,1-2H3. The Bertz CT molecular complexity index is 157. The Morgan fingerprint density at radius 2 is 2.44 bits per heavy atom. The van der Waals surface area contributed by atoms with Crippen LogP contribution < -0.4 is 0 Å². The van der Waals surface area contributed by atoms with Gasteiger partial charge in [-0.2, -0.15) is 11.8 Å². The molecular weight excluding hydrogens is 132 g/mol. The van der Waals surface area contributed by atoms with Crippen LogP contribution in [0.3, 0.4) is 0 Å². The Morgan fingerprint density at radius 1 is 1.67 bits per heavy atom. The molecule has 0 amide bonds. The van der Waals surface area contributed by atoms with Gasteiger partial charge in [-0.25, -0.2) is 0 Å². The van der Waals surface area contributed by atoms with Crippen molar-refractivity contribution in [3.05, 3.63) is 24.2 Å². The van der Waals surface area contributed by atoms with Gasteiger partial charge in [-0.1, -0.05) is 0 Å². The van der Waals surface area contributed by atoms with Gasteiger partial charge in [0.15, 0.2) is 0 Å². The summed E-state index contributed by atoms with van der Waals surface area (Å²) in [6.45, 7) is 2.13. The molecule has 1 aromatic rings. The maximum atomic E-state index is 5.17. The summed E-state index contributed by atoms with van der Waals surface area (Å²) in [5, 5.41) is 0.486. The van der Waals surface area contributed by atoms with Gasteiger partial charge in [0.05, 0.1) is 11.5 Å². The Labute approximate surface area is 59.4 Å². The summed E-state index contributed by atoms with van der Waals surface area (Å²) in [7, 11) is 0. The van der Waals surface area contributed by atoms with Crippen LogP contribution in [-0.2, 0) is 0 Å². The topological polar surface area (TPSA) is 13.1 Å². The van der Waals surface area contributed by atoms with Crippen LogP contribution in [0.5, 0.6) is 0 Å². The molecule has 0 aromatic carbocycles. The van der Waals surface area contributed by atoms with Crippen LogP contribution in [0.4, 0.5) is 0 Å². The molecule has 0 aliphatic carbocycles. The van der Waals surface area contributed by atoms with Gasteiger partial charge in [0.2, 0.25) is 0 Å². The van der Waals surface area contributed by atoms with E-state index in [4.69, 9.17) is 4.42 Å². The van der Waals surface area contributed by atoms with E-state index < -0.39 is 0 Å². The molecule has 2 heteroatoms. The highest BCUT2D eigenvalue weighted by Gasteiger charge is 2.03. The molecule has 1 heterocycles. The van der Waals surface area contributed by atoms with E-state index >= 15 is 0 Å². The van der Waals surface area contributed by atoms with Gasteiger partial charge in [-0.3, -0.25) is 0 Å². The SMILES string of the molecule is CSC(C)c1ccco1. The molecule has 50 valence electrons. The first-order valence-corrected chi connectivity index (χ1v) is 4.19. The highest BCUT2D eigenvalue weighted by molar-refractivity contribution is 7.98. The van der Waals surface area contributed by atoms with Gasteiger partial charge in [0.25, 0.3) is 0 Å². The highest BCUT2D eigenvalue weighted by Crippen LogP contribution is 2.25. The molecule has 1 atom stereocenters. The molecule has 0 bridgehead atoms. The van der Waals surface area contributed by atoms with Crippen LogP contribution in [0.15, 0.2) is 22.8 Å². The molecule has 0 fully saturated rings. The molecule has 0 saturated carbocycles. The molecule has 9 heavy (non-hydrogen) atoms. The molecule has 1 rings (SSSR count). The van der Waals surface area contributed by atoms with Crippen LogP contribution in [0.1, 0.15) is 17.9 Å². The monoisotopic (exact) mass is 142 g/mol. The van der Waals surface area contributed by atoms with E-state index in [1.807, 2.05) is 12.1 Å². The lowest BCUT2D eigenvalue weighted by Gasteiger charge is -2.01. The Hall–Kier alpha value is -0.370. The molecule has 0 radical (unpaired) electrons. The summed E-state index contributed by atoms with van der Waals surface area (Å²) in [6, 6.07) is 3.92. The Balaban J connectivity index is 2.65. The lowest BCUT2D eigenvalue weighted by Crippen LogP contribution is -1.80. The summed E-state index contributed by atoms with van der Waals surface area (Å²) in [5.41, 5.74) is 0. The van der Waals surface area contributed by atoms with Gasteiger partial charge in [0.1, 0.15) is 5.76 Å². The predicted molar refractivity (Wildman–Crippen MR) is 40.6 cm³/mol. The third-order valence-corrected chi connectivity index (χ3v) is 2.24. The quantitative estimate of drug-likeness (QED) is 0.629. The summed E-state index contributed by atoms with van der Waals surface area (Å²) < 4.78 is 5.17. The zero-order valence-corrected chi connectivity index (χ0v) is 6.44. The number of furan rings is 1. The van der Waals surface area contributed by atoms with Crippen molar-refractivity contribution in [3.8, 4) is 0 Å². The van der Waals surface area contributed by atoms with Gasteiger partial charge in [-0.05, 0) is 25.3 Å². The van der Waals surface area contributed by atoms with Crippen LogP contribution >= 0.6 is 11.8 Å². The first-order valence-electron chi connectivity index (χ1n) is 2.91. The predicted octanol–water partition coefficient (Wildman–Crippen LogP) is 2.70. The van der Waals surface area contributed by atoms with Gasteiger partial charge in [-0.15, -0.1) is 0 Å². The second-order valence-electron chi connectivity index (χ2n) is 1.89. The normalized spacial score (nSPS) is 13.6. The van der Waals surface area contributed by atoms with E-state index in [9.17, 15) is 0 Å². The molecule has 1 unspecified atom stereocenters. The van der Waals surface area contributed by atoms with Gasteiger partial charge < -0.3 is 4.42 Å². The third-order valence-electron chi connectivity index (χ3n) is 1.30. The largest absolute Gasteiger partial charge is 0.468 e. The number of hydrogen-bond donors (Lipinski definition) is 0. The van der Waals surface area contributed by atoms with Crippen molar-refractivity contribution >= 4 is 11.8 Å². The van der Waals surface area contributed by atoms with Crippen molar-refractivity contribution in [2.75, 3.05) is 6.26 Å². The molecule has 1 aromatic heterocycles. The molecule has 0 saturated heterocycles. The smallest absolute Gasteiger partial charge is 0.116 e. The summed E-state index contributed by atoms with van der Waals surface area (Å²) >= 11 is 1.79. The van der Waals surface area contributed by atoms with Crippen molar-refractivity contribution in [1.82, 2.24) is 0 Å². The molecular formula is C7H10OS. The summed E-state index contributed by atoms with van der Waals surface area (Å²) in [5.74, 6) is 1.06. The van der Waals surface area contributed by atoms with Crippen LogP contribution in [0, 0.1) is 0 Å². The van der Waals surface area contributed by atoms with E-state index in [1.54, 1.807) is 18.0 Å². The second kappa shape index (κ2) is 2.97. The molecule has 0 aliphatic rings. The van der Waals surface area contributed by atoms with E-state index in [2.05, 4.69) is 13.2 Å². The van der Waals surface area contributed by atoms with Gasteiger partial charge in [0, 0.05) is 0 Å². The zero-order valence-electron chi connectivity index (χ0n) is 5.63. The summed E-state index contributed by atoms with van der Waals surface area (Å²) in [6.07, 6.45) is 3.79. The molecule has 0 aliphatic heterocycles. The fourth-order valence-corrected chi connectivity index (χ4v) is 1.01. The first kappa shape index (κ1) is 6.75. The van der Waals surface area contributed by atoms with Crippen LogP contribution in [0.2, 0.25) is 0 Å². The van der Waals surface area contributed by atoms with E-state index in [0.717, 1.165) is 5.76 Å². The number of hydrogen-bond acceptors (Lipinski definition) is 2. The highest BCUT2D eigenvalue weighted by atomic mass is 32.2. The Kier molecular flexibility index (Phi) is 2.22. The average Bonchev–Trinajstić information content (AvgIpc) is 2.37. The average molecular weight is 142 g/mol. The number of rotatable bonds is 2. The van der Waals surface area contributed by atoms with Gasteiger partial charge >= 0.3 is 0 Å². The van der Waals surface area contributed by atoms with E-state index in [0.29, 0.717) is 5.25 Å². The lowest BCUT2D eigenvalue weighted by molar-refractivity contribution is 0.513. The van der Waals surface area contributed by atoms with Crippen molar-refractivity contribution in [2.45, 2.75) is 12.2 Å². The van der Waals surface area contributed by atoms with Crippen LogP contribution in [-0.4, -0.2) is 6.26 Å². The van der Waals surface area contributed by atoms with E-state index in [1.165, 1.54) is 0 Å². The van der Waals surface area contributed by atoms with Crippen molar-refractivity contribution < 1.29 is 4.42 Å². The molecule has 0 spiro atoms. The molecule has 1 nitrogen and oxygen atoms in total. The van der Waals surface area contributed by atoms with Crippen LogP contribution in [0.25, 0.3) is 0 Å². The number of thioether (sulfide) groups is 1. The Morgan fingerprint density at radius 3 is 2.89 bits per heavy atom. The fourth-order valence-electron chi connectivity index (χ4n) is 0.639. The lowest BCUT2D eigenvalue weighted by atomic mass is 10.4. The minimum atomic E-state index is 0.486. The third kappa shape index (κ3) is 1.52. The fraction of sp³-hybridized carbons (Fsp3) is 0.429. The minimum absolute atomic E-state index is 0.486. The maximum absolute atomic E-state index is 5.17. The van der Waals surface area contributed by atoms with Crippen molar-refractivity contribution in [1.29, 1.82) is 0 Å². The van der Waals surface area contributed by atoms with Crippen molar-refractivity contribution in [3.63, 3.8) is 0 Å².